The lowest BCUT2D eigenvalue weighted by Gasteiger charge is -2.24. The first-order valence-electron chi connectivity index (χ1n) is 27.9. The van der Waals surface area contributed by atoms with Gasteiger partial charge in [-0.05, 0) is 188 Å². The monoisotopic (exact) mass is 1080 g/mol. The minimum atomic E-state index is -4.83. The first kappa shape index (κ1) is 49.5. The van der Waals surface area contributed by atoms with Crippen molar-refractivity contribution < 1.29 is 18.1 Å². The molecule has 83 heavy (non-hydrogen) atoms. The Labute approximate surface area is 481 Å². The van der Waals surface area contributed by atoms with Crippen LogP contribution in [0.3, 0.4) is 0 Å². The van der Waals surface area contributed by atoms with Crippen LogP contribution in [0.5, 0.6) is 17.2 Å². The molecule has 15 rings (SSSR count). The van der Waals surface area contributed by atoms with Crippen molar-refractivity contribution in [2.24, 2.45) is 0 Å². The van der Waals surface area contributed by atoms with E-state index in [1.807, 2.05) is 72.8 Å². The number of phosphoric ester groups is 1. The second kappa shape index (κ2) is 20.9. The van der Waals surface area contributed by atoms with Crippen LogP contribution in [0.1, 0.15) is 0 Å². The van der Waals surface area contributed by atoms with E-state index in [2.05, 4.69) is 237 Å². The van der Waals surface area contributed by atoms with Crippen molar-refractivity contribution in [2.75, 3.05) is 0 Å². The standard InChI is InChI=1S/C78H51O4P/c79-83(80-76-40-37-67(64-31-25-52-13-1-7-19-58(52)43-64)49-73(76)70-34-28-55-16-4-10-22-61(55)46-70,81-77-41-38-68(65-32-26-53-14-2-8-20-59(53)44-65)50-74(77)71-35-29-56-17-5-11-23-62(56)47-71)82-78-42-39-69(66-33-27-54-15-3-9-21-60(54)45-66)51-75(78)72-36-30-57-18-6-12-24-63(57)48-72/h1-51H. The number of hydrogen-bond acceptors (Lipinski definition) is 4. The van der Waals surface area contributed by atoms with Gasteiger partial charge in [-0.15, -0.1) is 0 Å². The summed E-state index contributed by atoms with van der Waals surface area (Å²) in [7, 11) is -4.83. The molecule has 0 radical (unpaired) electrons. The van der Waals surface area contributed by atoms with Gasteiger partial charge in [0.25, 0.3) is 0 Å². The quantitative estimate of drug-likeness (QED) is 0.114. The molecule has 0 aliphatic heterocycles. The first-order valence-corrected chi connectivity index (χ1v) is 29.4. The van der Waals surface area contributed by atoms with Crippen molar-refractivity contribution in [1.82, 2.24) is 0 Å². The number of hydrogen-bond donors (Lipinski definition) is 0. The van der Waals surface area contributed by atoms with E-state index in [1.54, 1.807) is 0 Å². The van der Waals surface area contributed by atoms with Crippen molar-refractivity contribution in [3.8, 4) is 84.0 Å². The van der Waals surface area contributed by atoms with E-state index in [9.17, 15) is 0 Å². The van der Waals surface area contributed by atoms with Gasteiger partial charge in [-0.25, -0.2) is 0 Å². The zero-order valence-electron chi connectivity index (χ0n) is 45.0. The third kappa shape index (κ3) is 9.82. The largest absolute Gasteiger partial charge is 0.647 e. The molecule has 0 N–H and O–H groups in total. The first-order chi connectivity index (χ1) is 40.9. The van der Waals surface area contributed by atoms with Gasteiger partial charge in [-0.2, -0.15) is 4.57 Å². The van der Waals surface area contributed by atoms with Crippen LogP contribution >= 0.6 is 7.82 Å². The number of rotatable bonds is 12. The van der Waals surface area contributed by atoms with Crippen molar-refractivity contribution in [1.29, 1.82) is 0 Å². The second-order valence-electron chi connectivity index (χ2n) is 21.2. The van der Waals surface area contributed by atoms with Gasteiger partial charge >= 0.3 is 7.82 Å². The SMILES string of the molecule is O=P(Oc1ccc(-c2ccc3ccccc3c2)cc1-c1ccc2ccccc2c1)(Oc1ccc(-c2ccc3ccccc3c2)cc1-c1ccc2ccccc2c1)Oc1ccc(-c2ccc3ccccc3c2)cc1-c1ccc2ccccc2c1. The molecule has 0 unspecified atom stereocenters. The summed E-state index contributed by atoms with van der Waals surface area (Å²) in [5.41, 5.74) is 10.8. The predicted molar refractivity (Wildman–Crippen MR) is 346 cm³/mol. The van der Waals surface area contributed by atoms with E-state index < -0.39 is 7.82 Å². The van der Waals surface area contributed by atoms with Crippen LogP contribution in [-0.4, -0.2) is 0 Å². The summed E-state index contributed by atoms with van der Waals surface area (Å²) in [6, 6.07) is 107. The minimum Gasteiger partial charge on any atom is -0.385 e. The number of benzene rings is 15. The molecule has 392 valence electrons. The van der Waals surface area contributed by atoms with Crippen LogP contribution < -0.4 is 13.6 Å². The highest BCUT2D eigenvalue weighted by molar-refractivity contribution is 7.49. The Hall–Kier alpha value is -10.5. The lowest BCUT2D eigenvalue weighted by atomic mass is 9.95. The summed E-state index contributed by atoms with van der Waals surface area (Å²) >= 11 is 0. The third-order valence-electron chi connectivity index (χ3n) is 16.0. The summed E-state index contributed by atoms with van der Waals surface area (Å²) in [6.45, 7) is 0. The van der Waals surface area contributed by atoms with Crippen LogP contribution in [0, 0.1) is 0 Å². The average molecular weight is 1080 g/mol. The Morgan fingerprint density at radius 1 is 0.181 bits per heavy atom. The van der Waals surface area contributed by atoms with Gasteiger partial charge in [-0.3, -0.25) is 0 Å². The van der Waals surface area contributed by atoms with Gasteiger partial charge in [0.2, 0.25) is 0 Å². The molecule has 4 nitrogen and oxygen atoms in total. The van der Waals surface area contributed by atoms with Crippen LogP contribution in [0.15, 0.2) is 309 Å². The summed E-state index contributed by atoms with van der Waals surface area (Å²) in [4.78, 5) is 0. The highest BCUT2D eigenvalue weighted by Crippen LogP contribution is 2.56. The maximum atomic E-state index is 16.9. The van der Waals surface area contributed by atoms with Gasteiger partial charge < -0.3 is 13.6 Å². The van der Waals surface area contributed by atoms with Crippen molar-refractivity contribution >= 4 is 72.5 Å². The van der Waals surface area contributed by atoms with Crippen LogP contribution in [0.4, 0.5) is 0 Å². The smallest absolute Gasteiger partial charge is 0.385 e. The highest BCUT2D eigenvalue weighted by atomic mass is 31.2. The Kier molecular flexibility index (Phi) is 12.4. The normalized spacial score (nSPS) is 11.7. The summed E-state index contributed by atoms with van der Waals surface area (Å²) in [5, 5.41) is 13.3. The molecule has 0 amide bonds. The highest BCUT2D eigenvalue weighted by Gasteiger charge is 2.37. The molecule has 0 heterocycles. The Morgan fingerprint density at radius 2 is 0.361 bits per heavy atom. The summed E-state index contributed by atoms with van der Waals surface area (Å²) in [6.07, 6.45) is 0. The zero-order chi connectivity index (χ0) is 55.3. The van der Waals surface area contributed by atoms with Gasteiger partial charge in [0.05, 0.1) is 0 Å². The van der Waals surface area contributed by atoms with E-state index in [0.29, 0.717) is 17.2 Å². The van der Waals surface area contributed by atoms with Gasteiger partial charge in [0.1, 0.15) is 17.2 Å². The molecule has 0 atom stereocenters. The molecule has 0 saturated heterocycles. The maximum absolute atomic E-state index is 16.9. The molecule has 5 heteroatoms. The molecular weight excluding hydrogens is 1030 g/mol. The van der Waals surface area contributed by atoms with Crippen molar-refractivity contribution in [2.45, 2.75) is 0 Å². The second-order valence-corrected chi connectivity index (χ2v) is 22.7. The third-order valence-corrected chi connectivity index (χ3v) is 17.3. The van der Waals surface area contributed by atoms with Gasteiger partial charge in [-0.1, -0.05) is 237 Å². The topological polar surface area (TPSA) is 44.8 Å². The van der Waals surface area contributed by atoms with E-state index >= 15 is 4.57 Å². The predicted octanol–water partition coefficient (Wildman–Crippen LogP) is 22.3. The number of fused-ring (bicyclic) bond motifs is 6. The molecule has 0 saturated carbocycles. The molecule has 15 aromatic rings. The zero-order valence-corrected chi connectivity index (χ0v) is 45.9. The Balaban J connectivity index is 0.927. The molecule has 0 aromatic heterocycles. The van der Waals surface area contributed by atoms with Crippen LogP contribution in [0.25, 0.3) is 131 Å². The molecule has 0 aliphatic rings. The molecule has 0 bridgehead atoms. The van der Waals surface area contributed by atoms with E-state index in [-0.39, 0.29) is 0 Å². The average Bonchev–Trinajstić information content (AvgIpc) is 3.74. The minimum absolute atomic E-state index is 0.327. The number of phosphoric acid groups is 1. The van der Waals surface area contributed by atoms with Gasteiger partial charge in [0.15, 0.2) is 0 Å². The van der Waals surface area contributed by atoms with Crippen molar-refractivity contribution in [3.05, 3.63) is 309 Å². The van der Waals surface area contributed by atoms with E-state index in [0.717, 1.165) is 131 Å². The van der Waals surface area contributed by atoms with Gasteiger partial charge in [0, 0.05) is 16.7 Å². The molecule has 0 fully saturated rings. The van der Waals surface area contributed by atoms with E-state index in [1.165, 1.54) is 0 Å². The fourth-order valence-electron chi connectivity index (χ4n) is 11.6. The maximum Gasteiger partial charge on any atom is 0.647 e. The van der Waals surface area contributed by atoms with Crippen molar-refractivity contribution in [3.63, 3.8) is 0 Å². The fraction of sp³-hybridized carbons (Fsp3) is 0. The molecular formula is C78H51O4P. The lowest BCUT2D eigenvalue weighted by molar-refractivity contribution is 0.299. The molecule has 0 spiro atoms. The summed E-state index contributed by atoms with van der Waals surface area (Å²) < 4.78 is 38.3. The van der Waals surface area contributed by atoms with E-state index in [4.69, 9.17) is 13.6 Å². The molecule has 15 aromatic carbocycles. The Morgan fingerprint density at radius 3 is 0.602 bits per heavy atom. The Bertz CT molecular complexity index is 4580. The van der Waals surface area contributed by atoms with Crippen LogP contribution in [0.2, 0.25) is 0 Å². The fourth-order valence-corrected chi connectivity index (χ4v) is 13.0. The lowest BCUT2D eigenvalue weighted by Crippen LogP contribution is -2.09. The van der Waals surface area contributed by atoms with Crippen LogP contribution in [-0.2, 0) is 4.57 Å². The molecule has 0 aliphatic carbocycles. The summed E-state index contributed by atoms with van der Waals surface area (Å²) in [5.74, 6) is 0.981.